The van der Waals surface area contributed by atoms with E-state index in [1.807, 2.05) is 60.7 Å². The number of aryl methyl sites for hydroxylation is 1. The van der Waals surface area contributed by atoms with Crippen LogP contribution in [0.15, 0.2) is 85.1 Å². The molecule has 1 aliphatic heterocycles. The molecule has 1 aliphatic rings. The SMILES string of the molecule is Br.CCOc1ccc(CN2CCN(C(=O)c3cc4cc(Oc5ccc(N(C)C(=O)c6ccc(C(F)(F)F)cc6)cn5)ccc4n3C)CC2)cc1OCC. The Morgan fingerprint density at radius 3 is 2.19 bits per heavy atom. The monoisotopic (exact) mass is 795 g/mol. The first kappa shape index (κ1) is 39.1. The molecular weight excluding hydrogens is 755 g/mol. The Morgan fingerprint density at radius 2 is 1.55 bits per heavy atom. The smallest absolute Gasteiger partial charge is 0.416 e. The third-order valence-electron chi connectivity index (χ3n) is 9.00. The van der Waals surface area contributed by atoms with E-state index in [0.717, 1.165) is 71.9 Å². The molecule has 2 aromatic heterocycles. The van der Waals surface area contributed by atoms with Gasteiger partial charge in [0.1, 0.15) is 11.4 Å². The standard InChI is InChI=1S/C39H40F3N5O5.BrH/c1-5-50-34-15-7-26(21-35(34)51-6-2)25-46-17-19-47(20-18-46)38(49)33-23-28-22-31(13-14-32(28)45(33)4)52-36-16-12-30(24-43-36)44(3)37(48)27-8-10-29(11-9-27)39(40,41)42;/h7-16,21-24H,5-6,17-20,25H2,1-4H3;1H. The normalized spacial score (nSPS) is 13.4. The molecule has 280 valence electrons. The second-order valence-corrected chi connectivity index (χ2v) is 12.4. The second kappa shape index (κ2) is 16.7. The molecule has 3 heterocycles. The van der Waals surface area contributed by atoms with Crippen LogP contribution in [-0.2, 0) is 19.8 Å². The third kappa shape index (κ3) is 8.94. The summed E-state index contributed by atoms with van der Waals surface area (Å²) in [5, 5.41) is 0.834. The Labute approximate surface area is 316 Å². The van der Waals surface area contributed by atoms with Crippen LogP contribution in [0.1, 0.15) is 45.8 Å². The number of halogens is 4. The summed E-state index contributed by atoms with van der Waals surface area (Å²) in [6, 6.07) is 20.7. The van der Waals surface area contributed by atoms with Gasteiger partial charge in [-0.05, 0) is 86.1 Å². The topological polar surface area (TPSA) is 89.4 Å². The molecule has 0 spiro atoms. The van der Waals surface area contributed by atoms with E-state index in [2.05, 4.69) is 16.0 Å². The van der Waals surface area contributed by atoms with E-state index < -0.39 is 17.6 Å². The summed E-state index contributed by atoms with van der Waals surface area (Å²) in [6.45, 7) is 8.48. The summed E-state index contributed by atoms with van der Waals surface area (Å²) >= 11 is 0. The van der Waals surface area contributed by atoms with E-state index in [0.29, 0.717) is 43.4 Å². The minimum Gasteiger partial charge on any atom is -0.490 e. The van der Waals surface area contributed by atoms with Crippen LogP contribution in [0.3, 0.4) is 0 Å². The summed E-state index contributed by atoms with van der Waals surface area (Å²) < 4.78 is 58.1. The maximum Gasteiger partial charge on any atom is 0.416 e. The van der Waals surface area contributed by atoms with Gasteiger partial charge in [0.25, 0.3) is 11.8 Å². The van der Waals surface area contributed by atoms with Gasteiger partial charge in [-0.15, -0.1) is 17.0 Å². The average Bonchev–Trinajstić information content (AvgIpc) is 3.47. The van der Waals surface area contributed by atoms with E-state index >= 15 is 0 Å². The number of benzene rings is 3. The molecule has 6 rings (SSSR count). The molecular formula is C39H41BrF3N5O5. The van der Waals surface area contributed by atoms with Crippen LogP contribution in [0, 0.1) is 0 Å². The number of alkyl halides is 3. The molecule has 10 nitrogen and oxygen atoms in total. The number of fused-ring (bicyclic) bond motifs is 1. The van der Waals surface area contributed by atoms with Gasteiger partial charge in [0.15, 0.2) is 11.5 Å². The highest BCUT2D eigenvalue weighted by molar-refractivity contribution is 8.93. The average molecular weight is 797 g/mol. The highest BCUT2D eigenvalue weighted by Crippen LogP contribution is 2.32. The summed E-state index contributed by atoms with van der Waals surface area (Å²) in [6.07, 6.45) is -3.03. The Hall–Kier alpha value is -5.08. The minimum atomic E-state index is -4.48. The molecule has 0 bridgehead atoms. The minimum absolute atomic E-state index is 0. The van der Waals surface area contributed by atoms with Crippen molar-refractivity contribution in [2.24, 2.45) is 7.05 Å². The number of piperazine rings is 1. The van der Waals surface area contributed by atoms with Crippen molar-refractivity contribution in [1.82, 2.24) is 19.4 Å². The second-order valence-electron chi connectivity index (χ2n) is 12.4. The quantitative estimate of drug-likeness (QED) is 0.134. The molecule has 3 aromatic carbocycles. The number of anilines is 1. The fourth-order valence-corrected chi connectivity index (χ4v) is 6.18. The number of aromatic nitrogens is 2. The molecule has 2 amide bonds. The number of hydrogen-bond acceptors (Lipinski definition) is 7. The van der Waals surface area contributed by atoms with Crippen molar-refractivity contribution in [2.75, 3.05) is 51.3 Å². The predicted molar refractivity (Wildman–Crippen MR) is 202 cm³/mol. The fourth-order valence-electron chi connectivity index (χ4n) is 6.18. The summed E-state index contributed by atoms with van der Waals surface area (Å²) in [5.74, 6) is 1.76. The number of nitrogens with zero attached hydrogens (tertiary/aromatic N) is 5. The zero-order valence-electron chi connectivity index (χ0n) is 29.9. The van der Waals surface area contributed by atoms with Crippen LogP contribution in [0.4, 0.5) is 18.9 Å². The summed E-state index contributed by atoms with van der Waals surface area (Å²) in [4.78, 5) is 36.4. The van der Waals surface area contributed by atoms with Gasteiger partial charge in [-0.25, -0.2) is 4.98 Å². The van der Waals surface area contributed by atoms with E-state index in [-0.39, 0.29) is 34.3 Å². The lowest BCUT2D eigenvalue weighted by Gasteiger charge is -2.34. The van der Waals surface area contributed by atoms with Crippen molar-refractivity contribution in [3.8, 4) is 23.1 Å². The first-order valence-corrected chi connectivity index (χ1v) is 17.0. The number of amides is 2. The number of carbonyl (C=O) groups is 2. The third-order valence-corrected chi connectivity index (χ3v) is 9.00. The maximum absolute atomic E-state index is 13.7. The van der Waals surface area contributed by atoms with E-state index in [4.69, 9.17) is 14.2 Å². The van der Waals surface area contributed by atoms with E-state index in [1.165, 1.54) is 18.1 Å². The number of hydrogen-bond donors (Lipinski definition) is 0. The van der Waals surface area contributed by atoms with Crippen LogP contribution in [0.25, 0.3) is 10.9 Å². The Morgan fingerprint density at radius 1 is 0.849 bits per heavy atom. The molecule has 14 heteroatoms. The molecule has 0 atom stereocenters. The molecule has 0 N–H and O–H groups in total. The van der Waals surface area contributed by atoms with E-state index in [9.17, 15) is 22.8 Å². The van der Waals surface area contributed by atoms with E-state index in [1.54, 1.807) is 18.2 Å². The van der Waals surface area contributed by atoms with Crippen LogP contribution < -0.4 is 19.1 Å². The zero-order valence-corrected chi connectivity index (χ0v) is 31.6. The van der Waals surface area contributed by atoms with Gasteiger partial charge in [0.05, 0.1) is 30.7 Å². The van der Waals surface area contributed by atoms with Crippen LogP contribution in [-0.4, -0.2) is 77.6 Å². The van der Waals surface area contributed by atoms with Crippen LogP contribution in [0.5, 0.6) is 23.1 Å². The van der Waals surface area contributed by atoms with Crippen LogP contribution in [0.2, 0.25) is 0 Å². The van der Waals surface area contributed by atoms with Crippen molar-refractivity contribution in [1.29, 1.82) is 0 Å². The first-order chi connectivity index (χ1) is 24.9. The van der Waals surface area contributed by atoms with Crippen molar-refractivity contribution < 1.29 is 37.0 Å². The molecule has 53 heavy (non-hydrogen) atoms. The highest BCUT2D eigenvalue weighted by Gasteiger charge is 2.30. The van der Waals surface area contributed by atoms with Gasteiger partial charge < -0.3 is 28.6 Å². The van der Waals surface area contributed by atoms with Gasteiger partial charge in [0, 0.05) is 69.4 Å². The molecule has 1 fully saturated rings. The van der Waals surface area contributed by atoms with Gasteiger partial charge in [-0.1, -0.05) is 6.07 Å². The molecule has 0 unspecified atom stereocenters. The van der Waals surface area contributed by atoms with Crippen molar-refractivity contribution >= 4 is 45.4 Å². The van der Waals surface area contributed by atoms with Gasteiger partial charge in [-0.3, -0.25) is 14.5 Å². The lowest BCUT2D eigenvalue weighted by molar-refractivity contribution is -0.137. The zero-order chi connectivity index (χ0) is 37.0. The Kier molecular flexibility index (Phi) is 12.3. The largest absolute Gasteiger partial charge is 0.490 e. The lowest BCUT2D eigenvalue weighted by atomic mass is 10.1. The fraction of sp³-hybridized carbons (Fsp3) is 0.308. The first-order valence-electron chi connectivity index (χ1n) is 17.0. The van der Waals surface area contributed by atoms with Gasteiger partial charge in [0.2, 0.25) is 5.88 Å². The molecule has 5 aromatic rings. The Balaban J connectivity index is 0.00000541. The van der Waals surface area contributed by atoms with Crippen LogP contribution >= 0.6 is 17.0 Å². The van der Waals surface area contributed by atoms with Crippen molar-refractivity contribution in [3.63, 3.8) is 0 Å². The maximum atomic E-state index is 13.7. The number of carbonyl (C=O) groups excluding carboxylic acids is 2. The summed E-state index contributed by atoms with van der Waals surface area (Å²) in [7, 11) is 3.39. The Bertz CT molecular complexity index is 2050. The lowest BCUT2D eigenvalue weighted by Crippen LogP contribution is -2.48. The number of ether oxygens (including phenoxy) is 3. The molecule has 0 aliphatic carbocycles. The predicted octanol–water partition coefficient (Wildman–Crippen LogP) is 7.99. The van der Waals surface area contributed by atoms with Crippen molar-refractivity contribution in [3.05, 3.63) is 107 Å². The molecule has 0 saturated carbocycles. The number of rotatable bonds is 11. The number of pyridine rings is 1. The molecule has 0 radical (unpaired) electrons. The molecule has 1 saturated heterocycles. The van der Waals surface area contributed by atoms with Gasteiger partial charge in [-0.2, -0.15) is 13.2 Å². The summed E-state index contributed by atoms with van der Waals surface area (Å²) in [5.41, 5.74) is 2.31. The van der Waals surface area contributed by atoms with Gasteiger partial charge >= 0.3 is 6.18 Å². The van der Waals surface area contributed by atoms with Crippen molar-refractivity contribution in [2.45, 2.75) is 26.6 Å². The highest BCUT2D eigenvalue weighted by atomic mass is 79.9.